The van der Waals surface area contributed by atoms with Crippen LogP contribution in [0, 0.1) is 0 Å². The van der Waals surface area contributed by atoms with Gasteiger partial charge in [-0.1, -0.05) is 30.9 Å². The number of nitrogens with one attached hydrogen (secondary N) is 2. The standard InChI is InChI=1S/C28H39N5O7Si/c1-35-20-9-8-19(41(4,5)6)18-22(20)40-23-11-10-21(39-23)25(34)30-24-26(36-2)31-28(32-27(24)37-3)29-12-7-13-33-14-16-38-17-15-33/h8-11,18H,7,12-17H2,1-6H3,(H,30,34)(H,29,31,32). The Hall–Kier alpha value is -3.81. The van der Waals surface area contributed by atoms with Crippen LogP contribution in [0.25, 0.3) is 0 Å². The van der Waals surface area contributed by atoms with E-state index in [4.69, 9.17) is 28.1 Å². The third-order valence-electron chi connectivity index (χ3n) is 6.55. The summed E-state index contributed by atoms with van der Waals surface area (Å²) in [6.45, 7) is 11.8. The molecule has 1 aliphatic rings. The fraction of sp³-hybridized carbons (Fsp3) is 0.464. The summed E-state index contributed by atoms with van der Waals surface area (Å²) >= 11 is 0. The molecule has 0 unspecified atom stereocenters. The van der Waals surface area contributed by atoms with Gasteiger partial charge >= 0.3 is 0 Å². The van der Waals surface area contributed by atoms with Crippen LogP contribution in [0.5, 0.6) is 29.2 Å². The van der Waals surface area contributed by atoms with Crippen LogP contribution >= 0.6 is 0 Å². The topological polar surface area (TPSA) is 129 Å². The summed E-state index contributed by atoms with van der Waals surface area (Å²) in [7, 11) is 2.90. The molecule has 1 saturated heterocycles. The summed E-state index contributed by atoms with van der Waals surface area (Å²) in [5.74, 6) is 1.33. The van der Waals surface area contributed by atoms with Gasteiger partial charge in [0.2, 0.25) is 17.7 Å². The second-order valence-corrected chi connectivity index (χ2v) is 15.5. The SMILES string of the molecule is COc1ccc([Si](C)(C)C)cc1Oc1ccc(C(=O)Nc2c(OC)nc(NCCCN3CCOCC3)nc2OC)o1. The first-order valence-electron chi connectivity index (χ1n) is 13.5. The fourth-order valence-electron chi connectivity index (χ4n) is 4.23. The van der Waals surface area contributed by atoms with E-state index in [1.807, 2.05) is 18.2 Å². The molecule has 4 rings (SSSR count). The Bertz CT molecular complexity index is 1300. The molecular weight excluding hydrogens is 546 g/mol. The second kappa shape index (κ2) is 13.7. The van der Waals surface area contributed by atoms with E-state index < -0.39 is 14.0 Å². The molecule has 0 saturated carbocycles. The van der Waals surface area contributed by atoms with E-state index in [0.717, 1.165) is 39.3 Å². The first-order valence-corrected chi connectivity index (χ1v) is 17.0. The van der Waals surface area contributed by atoms with E-state index in [2.05, 4.69) is 45.1 Å². The third-order valence-corrected chi connectivity index (χ3v) is 8.59. The average molecular weight is 586 g/mol. The third kappa shape index (κ3) is 7.90. The highest BCUT2D eigenvalue weighted by Crippen LogP contribution is 2.35. The molecule has 1 amide bonds. The predicted molar refractivity (Wildman–Crippen MR) is 158 cm³/mol. The van der Waals surface area contributed by atoms with Gasteiger partial charge in [-0.25, -0.2) is 0 Å². The molecule has 3 heterocycles. The first kappa shape index (κ1) is 30.2. The number of methoxy groups -OCH3 is 3. The largest absolute Gasteiger partial charge is 0.493 e. The van der Waals surface area contributed by atoms with Crippen molar-refractivity contribution in [1.29, 1.82) is 0 Å². The molecule has 1 fully saturated rings. The van der Waals surface area contributed by atoms with Gasteiger partial charge in [0, 0.05) is 25.7 Å². The number of carbonyl (C=O) groups excluding carboxylic acids is 1. The summed E-state index contributed by atoms with van der Waals surface area (Å²) in [4.78, 5) is 24.3. The van der Waals surface area contributed by atoms with Crippen LogP contribution in [-0.4, -0.2) is 89.6 Å². The maximum atomic E-state index is 13.1. The monoisotopic (exact) mass is 585 g/mol. The minimum absolute atomic E-state index is 0.0229. The van der Waals surface area contributed by atoms with Gasteiger partial charge in [0.15, 0.2) is 22.9 Å². The Morgan fingerprint density at radius 1 is 0.976 bits per heavy atom. The number of morpholine rings is 1. The molecule has 12 nitrogen and oxygen atoms in total. The minimum atomic E-state index is -1.59. The first-order chi connectivity index (χ1) is 19.7. The number of amides is 1. The van der Waals surface area contributed by atoms with Gasteiger partial charge in [-0.15, -0.1) is 0 Å². The van der Waals surface area contributed by atoms with E-state index in [-0.39, 0.29) is 29.2 Å². The van der Waals surface area contributed by atoms with Crippen LogP contribution in [0.3, 0.4) is 0 Å². The number of hydrogen-bond donors (Lipinski definition) is 2. The van der Waals surface area contributed by atoms with E-state index in [1.54, 1.807) is 13.2 Å². The van der Waals surface area contributed by atoms with Gasteiger partial charge in [-0.3, -0.25) is 9.69 Å². The molecule has 3 aromatic rings. The van der Waals surface area contributed by atoms with Gasteiger partial charge in [0.25, 0.3) is 11.9 Å². The summed E-state index contributed by atoms with van der Waals surface area (Å²) in [5, 5.41) is 7.14. The van der Waals surface area contributed by atoms with E-state index >= 15 is 0 Å². The lowest BCUT2D eigenvalue weighted by molar-refractivity contribution is 0.0378. The maximum Gasteiger partial charge on any atom is 0.291 e. The smallest absolute Gasteiger partial charge is 0.291 e. The van der Waals surface area contributed by atoms with Gasteiger partial charge < -0.3 is 38.7 Å². The average Bonchev–Trinajstić information content (AvgIpc) is 3.44. The normalized spacial score (nSPS) is 13.9. The van der Waals surface area contributed by atoms with Gasteiger partial charge in [-0.05, 0) is 31.2 Å². The van der Waals surface area contributed by atoms with Crippen molar-refractivity contribution >= 4 is 30.8 Å². The molecule has 13 heteroatoms. The van der Waals surface area contributed by atoms with Crippen LogP contribution in [-0.2, 0) is 4.74 Å². The van der Waals surface area contributed by atoms with Crippen molar-refractivity contribution in [2.45, 2.75) is 26.1 Å². The molecule has 41 heavy (non-hydrogen) atoms. The highest BCUT2D eigenvalue weighted by atomic mass is 28.3. The molecule has 0 atom stereocenters. The van der Waals surface area contributed by atoms with Crippen molar-refractivity contribution in [3.05, 3.63) is 36.1 Å². The molecule has 0 radical (unpaired) electrons. The highest BCUT2D eigenvalue weighted by molar-refractivity contribution is 6.88. The quantitative estimate of drug-likeness (QED) is 0.224. The number of ether oxygens (including phenoxy) is 5. The van der Waals surface area contributed by atoms with Crippen molar-refractivity contribution in [3.8, 4) is 29.2 Å². The minimum Gasteiger partial charge on any atom is -0.493 e. The van der Waals surface area contributed by atoms with Crippen LogP contribution in [0.1, 0.15) is 17.0 Å². The van der Waals surface area contributed by atoms with Crippen LogP contribution in [0.15, 0.2) is 34.7 Å². The lowest BCUT2D eigenvalue weighted by Crippen LogP contribution is -2.37. The van der Waals surface area contributed by atoms with Crippen LogP contribution in [0.4, 0.5) is 11.6 Å². The second-order valence-electron chi connectivity index (χ2n) is 10.5. The number of rotatable bonds is 13. The number of nitrogens with zero attached hydrogens (tertiary/aromatic N) is 3. The maximum absolute atomic E-state index is 13.1. The Kier molecular flexibility index (Phi) is 10.1. The van der Waals surface area contributed by atoms with Gasteiger partial charge in [0.05, 0.1) is 42.6 Å². The molecule has 2 N–H and O–H groups in total. The molecule has 0 aliphatic carbocycles. The zero-order valence-electron chi connectivity index (χ0n) is 24.5. The Balaban J connectivity index is 1.42. The summed E-state index contributed by atoms with van der Waals surface area (Å²) in [6, 6.07) is 8.97. The van der Waals surface area contributed by atoms with Crippen molar-refractivity contribution in [1.82, 2.24) is 14.9 Å². The number of furan rings is 1. The molecule has 222 valence electrons. The number of benzene rings is 1. The fourth-order valence-corrected chi connectivity index (χ4v) is 5.38. The van der Waals surface area contributed by atoms with Crippen LogP contribution in [0.2, 0.25) is 19.6 Å². The predicted octanol–water partition coefficient (Wildman–Crippen LogP) is 3.82. The summed E-state index contributed by atoms with van der Waals surface area (Å²) in [6.07, 6.45) is 0.906. The molecule has 0 spiro atoms. The Labute approximate surface area is 241 Å². The molecule has 1 aromatic carbocycles. The Morgan fingerprint density at radius 3 is 2.32 bits per heavy atom. The lowest BCUT2D eigenvalue weighted by Gasteiger charge is -2.26. The van der Waals surface area contributed by atoms with E-state index in [0.29, 0.717) is 24.0 Å². The number of hydrogen-bond acceptors (Lipinski definition) is 11. The lowest BCUT2D eigenvalue weighted by atomic mass is 10.3. The van der Waals surface area contributed by atoms with E-state index in [9.17, 15) is 4.79 Å². The van der Waals surface area contributed by atoms with Gasteiger partial charge in [-0.2, -0.15) is 9.97 Å². The summed E-state index contributed by atoms with van der Waals surface area (Å²) < 4.78 is 33.4. The van der Waals surface area contributed by atoms with Crippen molar-refractivity contribution in [2.75, 3.05) is 71.4 Å². The molecule has 2 aromatic heterocycles. The number of anilines is 2. The molecular formula is C28H39N5O7Si. The van der Waals surface area contributed by atoms with Crippen molar-refractivity contribution < 1.29 is 32.9 Å². The van der Waals surface area contributed by atoms with Gasteiger partial charge in [0.1, 0.15) is 0 Å². The highest BCUT2D eigenvalue weighted by Gasteiger charge is 2.23. The van der Waals surface area contributed by atoms with Crippen molar-refractivity contribution in [3.63, 3.8) is 0 Å². The summed E-state index contributed by atoms with van der Waals surface area (Å²) in [5.41, 5.74) is 0.183. The number of aromatic nitrogens is 2. The van der Waals surface area contributed by atoms with E-state index in [1.165, 1.54) is 25.5 Å². The molecule has 1 aliphatic heterocycles. The number of carbonyl (C=O) groups is 1. The zero-order chi connectivity index (χ0) is 29.4. The van der Waals surface area contributed by atoms with Crippen molar-refractivity contribution in [2.24, 2.45) is 0 Å². The zero-order valence-corrected chi connectivity index (χ0v) is 25.5. The van der Waals surface area contributed by atoms with Crippen LogP contribution < -0.4 is 34.8 Å². The molecule has 0 bridgehead atoms. The Morgan fingerprint density at radius 2 is 1.68 bits per heavy atom.